The fourth-order valence-electron chi connectivity index (χ4n) is 2.78. The minimum Gasteiger partial charge on any atom is -0.481 e. The summed E-state index contributed by atoms with van der Waals surface area (Å²) in [5.74, 6) is -2.30. The van der Waals surface area contributed by atoms with Crippen LogP contribution < -0.4 is 5.32 Å². The number of nitrogens with one attached hydrogen (secondary N) is 1. The number of carboxylic acids is 1. The van der Waals surface area contributed by atoms with E-state index in [2.05, 4.69) is 5.32 Å². The molecule has 0 spiro atoms. The Bertz CT molecular complexity index is 506. The summed E-state index contributed by atoms with van der Waals surface area (Å²) < 4.78 is 4.89. The van der Waals surface area contributed by atoms with Crippen molar-refractivity contribution in [2.45, 2.75) is 6.54 Å². The third-order valence-electron chi connectivity index (χ3n) is 3.90. The smallest absolute Gasteiger partial charge is 0.308 e. The third kappa shape index (κ3) is 4.29. The standard InChI is InChI=1S/C16H22N2O4/c1-22-8-7-17-15(19)13-10-18(11-14(13)16(20)21)9-12-5-3-2-4-6-12/h2-6,13-14H,7-11H2,1H3,(H,17,19)(H,20,21)/t13-,14+/m0/s1. The molecule has 1 aliphatic heterocycles. The number of carbonyl (C=O) groups excluding carboxylic acids is 1. The Morgan fingerprint density at radius 2 is 1.95 bits per heavy atom. The average molecular weight is 306 g/mol. The van der Waals surface area contributed by atoms with Crippen LogP contribution in [0.5, 0.6) is 0 Å². The molecule has 1 fully saturated rings. The summed E-state index contributed by atoms with van der Waals surface area (Å²) in [7, 11) is 1.56. The molecule has 0 aromatic heterocycles. The highest BCUT2D eigenvalue weighted by atomic mass is 16.5. The van der Waals surface area contributed by atoms with Gasteiger partial charge in [-0.15, -0.1) is 0 Å². The maximum Gasteiger partial charge on any atom is 0.308 e. The molecule has 1 saturated heterocycles. The first kappa shape index (κ1) is 16.5. The first-order chi connectivity index (χ1) is 10.6. The van der Waals surface area contributed by atoms with E-state index < -0.39 is 17.8 Å². The number of amides is 1. The van der Waals surface area contributed by atoms with E-state index in [-0.39, 0.29) is 5.91 Å². The van der Waals surface area contributed by atoms with E-state index in [1.807, 2.05) is 35.2 Å². The van der Waals surface area contributed by atoms with E-state index in [9.17, 15) is 14.7 Å². The number of methoxy groups -OCH3 is 1. The van der Waals surface area contributed by atoms with Crippen molar-refractivity contribution in [3.8, 4) is 0 Å². The number of ether oxygens (including phenoxy) is 1. The maximum atomic E-state index is 12.2. The van der Waals surface area contributed by atoms with Crippen molar-refractivity contribution in [3.63, 3.8) is 0 Å². The first-order valence-corrected chi connectivity index (χ1v) is 7.37. The summed E-state index contributed by atoms with van der Waals surface area (Å²) in [5, 5.41) is 12.1. The van der Waals surface area contributed by atoms with Gasteiger partial charge in [-0.1, -0.05) is 30.3 Å². The molecule has 0 unspecified atom stereocenters. The monoisotopic (exact) mass is 306 g/mol. The number of rotatable bonds is 7. The Balaban J connectivity index is 1.97. The zero-order valence-electron chi connectivity index (χ0n) is 12.7. The highest BCUT2D eigenvalue weighted by Crippen LogP contribution is 2.25. The van der Waals surface area contributed by atoms with Gasteiger partial charge < -0.3 is 15.2 Å². The van der Waals surface area contributed by atoms with Gasteiger partial charge >= 0.3 is 5.97 Å². The predicted molar refractivity (Wildman–Crippen MR) is 81.2 cm³/mol. The van der Waals surface area contributed by atoms with Crippen molar-refractivity contribution in [1.82, 2.24) is 10.2 Å². The molecule has 0 radical (unpaired) electrons. The summed E-state index contributed by atoms with van der Waals surface area (Å²) in [5.41, 5.74) is 1.12. The van der Waals surface area contributed by atoms with Crippen LogP contribution in [-0.2, 0) is 20.9 Å². The lowest BCUT2D eigenvalue weighted by molar-refractivity contribution is -0.145. The summed E-state index contributed by atoms with van der Waals surface area (Å²) in [6, 6.07) is 9.85. The van der Waals surface area contributed by atoms with Crippen LogP contribution in [-0.4, -0.2) is 55.2 Å². The lowest BCUT2D eigenvalue weighted by Crippen LogP contribution is -2.38. The molecular formula is C16H22N2O4. The molecule has 1 heterocycles. The lowest BCUT2D eigenvalue weighted by Gasteiger charge is -2.15. The first-order valence-electron chi connectivity index (χ1n) is 7.37. The van der Waals surface area contributed by atoms with Gasteiger partial charge in [-0.2, -0.15) is 0 Å². The highest BCUT2D eigenvalue weighted by molar-refractivity contribution is 5.85. The third-order valence-corrected chi connectivity index (χ3v) is 3.90. The molecule has 0 saturated carbocycles. The molecule has 120 valence electrons. The molecule has 2 N–H and O–H groups in total. The second-order valence-corrected chi connectivity index (χ2v) is 5.51. The molecule has 6 nitrogen and oxygen atoms in total. The van der Waals surface area contributed by atoms with Gasteiger partial charge in [-0.3, -0.25) is 14.5 Å². The van der Waals surface area contributed by atoms with Gasteiger partial charge in [0.15, 0.2) is 0 Å². The Kier molecular flexibility index (Phi) is 5.91. The second kappa shape index (κ2) is 7.91. The largest absolute Gasteiger partial charge is 0.481 e. The van der Waals surface area contributed by atoms with E-state index in [4.69, 9.17) is 4.74 Å². The van der Waals surface area contributed by atoms with Crippen molar-refractivity contribution in [1.29, 1.82) is 0 Å². The van der Waals surface area contributed by atoms with Gasteiger partial charge in [0.2, 0.25) is 5.91 Å². The van der Waals surface area contributed by atoms with Gasteiger partial charge in [0, 0.05) is 33.3 Å². The Morgan fingerprint density at radius 3 is 2.59 bits per heavy atom. The number of benzene rings is 1. The molecule has 1 amide bonds. The summed E-state index contributed by atoms with van der Waals surface area (Å²) >= 11 is 0. The number of hydrogen-bond acceptors (Lipinski definition) is 4. The number of carbonyl (C=O) groups is 2. The topological polar surface area (TPSA) is 78.9 Å². The van der Waals surface area contributed by atoms with E-state index in [0.29, 0.717) is 32.8 Å². The summed E-state index contributed by atoms with van der Waals surface area (Å²) in [6.07, 6.45) is 0. The molecule has 22 heavy (non-hydrogen) atoms. The van der Waals surface area contributed by atoms with Crippen LogP contribution in [0.25, 0.3) is 0 Å². The zero-order chi connectivity index (χ0) is 15.9. The van der Waals surface area contributed by atoms with Crippen molar-refractivity contribution in [3.05, 3.63) is 35.9 Å². The molecule has 1 aliphatic rings. The number of likely N-dealkylation sites (tertiary alicyclic amines) is 1. The van der Waals surface area contributed by atoms with E-state index in [1.54, 1.807) is 7.11 Å². The number of aliphatic carboxylic acids is 1. The maximum absolute atomic E-state index is 12.2. The Hall–Kier alpha value is -1.92. The average Bonchev–Trinajstić information content (AvgIpc) is 2.92. The van der Waals surface area contributed by atoms with E-state index >= 15 is 0 Å². The van der Waals surface area contributed by atoms with Crippen LogP contribution in [0, 0.1) is 11.8 Å². The summed E-state index contributed by atoms with van der Waals surface area (Å²) in [4.78, 5) is 25.6. The van der Waals surface area contributed by atoms with E-state index in [1.165, 1.54) is 0 Å². The zero-order valence-corrected chi connectivity index (χ0v) is 12.7. The van der Waals surface area contributed by atoms with E-state index in [0.717, 1.165) is 5.56 Å². The molecule has 2 rings (SSSR count). The number of nitrogens with zero attached hydrogens (tertiary/aromatic N) is 1. The number of hydrogen-bond donors (Lipinski definition) is 2. The minimum atomic E-state index is -0.914. The molecule has 0 bridgehead atoms. The van der Waals surface area contributed by atoms with Crippen molar-refractivity contribution >= 4 is 11.9 Å². The predicted octanol–water partition coefficient (Wildman–Crippen LogP) is 0.582. The molecule has 1 aromatic carbocycles. The van der Waals surface area contributed by atoms with Gasteiger partial charge in [-0.05, 0) is 5.56 Å². The van der Waals surface area contributed by atoms with Crippen LogP contribution in [0.15, 0.2) is 30.3 Å². The minimum absolute atomic E-state index is 0.208. The second-order valence-electron chi connectivity index (χ2n) is 5.51. The lowest BCUT2D eigenvalue weighted by atomic mass is 9.95. The SMILES string of the molecule is COCCNC(=O)[C@H]1CN(Cc2ccccc2)C[C@H]1C(=O)O. The fourth-order valence-corrected chi connectivity index (χ4v) is 2.78. The summed E-state index contributed by atoms with van der Waals surface area (Å²) in [6.45, 7) is 2.34. The molecule has 0 aliphatic carbocycles. The Labute approximate surface area is 130 Å². The fraction of sp³-hybridized carbons (Fsp3) is 0.500. The normalized spacial score (nSPS) is 21.7. The molecule has 2 atom stereocenters. The van der Waals surface area contributed by atoms with Crippen LogP contribution in [0.1, 0.15) is 5.56 Å². The van der Waals surface area contributed by atoms with Crippen molar-refractivity contribution in [2.24, 2.45) is 11.8 Å². The number of carboxylic acid groups (broad SMARTS) is 1. The molecule has 1 aromatic rings. The van der Waals surface area contributed by atoms with Crippen molar-refractivity contribution < 1.29 is 19.4 Å². The quantitative estimate of drug-likeness (QED) is 0.721. The van der Waals surface area contributed by atoms with Gasteiger partial charge in [0.25, 0.3) is 0 Å². The van der Waals surface area contributed by atoms with Crippen molar-refractivity contribution in [2.75, 3.05) is 33.4 Å². The molecule has 6 heteroatoms. The highest BCUT2D eigenvalue weighted by Gasteiger charge is 2.41. The van der Waals surface area contributed by atoms with Crippen LogP contribution in [0.4, 0.5) is 0 Å². The van der Waals surface area contributed by atoms with Gasteiger partial charge in [-0.25, -0.2) is 0 Å². The van der Waals surface area contributed by atoms with Crippen LogP contribution >= 0.6 is 0 Å². The van der Waals surface area contributed by atoms with Gasteiger partial charge in [0.05, 0.1) is 18.4 Å². The van der Waals surface area contributed by atoms with Crippen LogP contribution in [0.2, 0.25) is 0 Å². The molecular weight excluding hydrogens is 284 g/mol. The van der Waals surface area contributed by atoms with Gasteiger partial charge in [0.1, 0.15) is 0 Å². The Morgan fingerprint density at radius 1 is 1.27 bits per heavy atom. The van der Waals surface area contributed by atoms with Crippen LogP contribution in [0.3, 0.4) is 0 Å².